The van der Waals surface area contributed by atoms with E-state index in [1.807, 2.05) is 12.1 Å². The number of amides is 3. The molecule has 1 saturated carbocycles. The number of hydrogen-bond acceptors (Lipinski definition) is 5. The van der Waals surface area contributed by atoms with Gasteiger partial charge in [0, 0.05) is 31.4 Å². The van der Waals surface area contributed by atoms with E-state index in [1.165, 1.54) is 12.4 Å². The van der Waals surface area contributed by atoms with E-state index < -0.39 is 12.0 Å². The topological polar surface area (TPSA) is 121 Å². The minimum Gasteiger partial charge on any atom is -0.481 e. The first-order valence-electron chi connectivity index (χ1n) is 11.3. The van der Waals surface area contributed by atoms with Gasteiger partial charge in [0.15, 0.2) is 0 Å². The van der Waals surface area contributed by atoms with Crippen LogP contribution in [0, 0.1) is 5.92 Å². The molecule has 2 heterocycles. The SMILES string of the molecule is O=C(O)CC1CCC(OC(=O)N2CCc3cc(NC(=O)Nc4cncc(Cl)c4)ccc3C2)CC1. The second-order valence-electron chi connectivity index (χ2n) is 8.75. The lowest BCUT2D eigenvalue weighted by atomic mass is 9.85. The largest absolute Gasteiger partial charge is 0.481 e. The van der Waals surface area contributed by atoms with E-state index in [9.17, 15) is 14.4 Å². The Balaban J connectivity index is 1.27. The molecule has 0 unspecified atom stereocenters. The fourth-order valence-corrected chi connectivity index (χ4v) is 4.65. The Labute approximate surface area is 202 Å². The Morgan fingerprint density at radius 3 is 2.56 bits per heavy atom. The van der Waals surface area contributed by atoms with Gasteiger partial charge in [-0.05, 0) is 67.3 Å². The van der Waals surface area contributed by atoms with Crippen LogP contribution < -0.4 is 10.6 Å². The summed E-state index contributed by atoms with van der Waals surface area (Å²) in [5.41, 5.74) is 3.23. The highest BCUT2D eigenvalue weighted by Gasteiger charge is 2.28. The van der Waals surface area contributed by atoms with Crippen LogP contribution in [0.25, 0.3) is 0 Å². The van der Waals surface area contributed by atoms with E-state index in [2.05, 4.69) is 15.6 Å². The second kappa shape index (κ2) is 10.7. The molecule has 0 spiro atoms. The summed E-state index contributed by atoms with van der Waals surface area (Å²) in [7, 11) is 0. The highest BCUT2D eigenvalue weighted by molar-refractivity contribution is 6.30. The minimum atomic E-state index is -0.773. The summed E-state index contributed by atoms with van der Waals surface area (Å²) < 4.78 is 5.70. The number of hydrogen-bond donors (Lipinski definition) is 3. The van der Waals surface area contributed by atoms with Crippen LogP contribution in [0.2, 0.25) is 5.02 Å². The van der Waals surface area contributed by atoms with Crippen molar-refractivity contribution in [1.82, 2.24) is 9.88 Å². The van der Waals surface area contributed by atoms with E-state index >= 15 is 0 Å². The molecule has 2 aliphatic rings. The molecule has 1 aromatic carbocycles. The summed E-state index contributed by atoms with van der Waals surface area (Å²) in [5.74, 6) is -0.605. The molecule has 3 N–H and O–H groups in total. The first kappa shape index (κ1) is 23.8. The molecular formula is C24H27ClN4O5. The van der Waals surface area contributed by atoms with E-state index in [-0.39, 0.29) is 24.5 Å². The number of carbonyl (C=O) groups is 3. The highest BCUT2D eigenvalue weighted by atomic mass is 35.5. The average molecular weight is 487 g/mol. The number of benzene rings is 1. The zero-order chi connectivity index (χ0) is 24.1. The van der Waals surface area contributed by atoms with Crippen LogP contribution in [-0.4, -0.2) is 45.7 Å². The van der Waals surface area contributed by atoms with Crippen molar-refractivity contribution < 1.29 is 24.2 Å². The number of aliphatic carboxylic acids is 1. The number of nitrogens with zero attached hydrogens (tertiary/aromatic N) is 2. The van der Waals surface area contributed by atoms with Crippen molar-refractivity contribution in [3.63, 3.8) is 0 Å². The molecule has 1 aliphatic carbocycles. The van der Waals surface area contributed by atoms with E-state index in [0.29, 0.717) is 48.7 Å². The lowest BCUT2D eigenvalue weighted by molar-refractivity contribution is -0.138. The number of carboxylic acids is 1. The van der Waals surface area contributed by atoms with Crippen LogP contribution in [0.4, 0.5) is 21.0 Å². The molecule has 10 heteroatoms. The van der Waals surface area contributed by atoms with Crippen molar-refractivity contribution in [1.29, 1.82) is 0 Å². The number of urea groups is 1. The van der Waals surface area contributed by atoms with Crippen molar-refractivity contribution >= 4 is 41.1 Å². The molecule has 34 heavy (non-hydrogen) atoms. The summed E-state index contributed by atoms with van der Waals surface area (Å²) in [6.07, 6.45) is 6.29. The van der Waals surface area contributed by atoms with Gasteiger partial charge in [0.1, 0.15) is 6.10 Å². The van der Waals surface area contributed by atoms with Crippen LogP contribution in [0.3, 0.4) is 0 Å². The fraction of sp³-hybridized carbons (Fsp3) is 0.417. The third-order valence-corrected chi connectivity index (χ3v) is 6.43. The number of anilines is 2. The number of aromatic nitrogens is 1. The number of fused-ring (bicyclic) bond motifs is 1. The molecule has 0 radical (unpaired) electrons. The highest BCUT2D eigenvalue weighted by Crippen LogP contribution is 2.30. The third kappa shape index (κ3) is 6.38. The zero-order valence-electron chi connectivity index (χ0n) is 18.6. The minimum absolute atomic E-state index is 0.154. The summed E-state index contributed by atoms with van der Waals surface area (Å²) in [5, 5.41) is 14.9. The summed E-state index contributed by atoms with van der Waals surface area (Å²) in [6, 6.07) is 6.83. The Kier molecular flexibility index (Phi) is 7.52. The first-order valence-corrected chi connectivity index (χ1v) is 11.7. The number of nitrogens with one attached hydrogen (secondary N) is 2. The third-order valence-electron chi connectivity index (χ3n) is 6.22. The van der Waals surface area contributed by atoms with Crippen molar-refractivity contribution in [2.75, 3.05) is 17.2 Å². The average Bonchev–Trinajstić information content (AvgIpc) is 2.79. The molecule has 1 fully saturated rings. The molecule has 0 saturated heterocycles. The van der Waals surface area contributed by atoms with E-state index in [4.69, 9.17) is 21.4 Å². The van der Waals surface area contributed by atoms with Gasteiger partial charge in [-0.1, -0.05) is 17.7 Å². The molecule has 1 aliphatic heterocycles. The van der Waals surface area contributed by atoms with Crippen molar-refractivity contribution in [3.05, 3.63) is 52.8 Å². The maximum atomic E-state index is 12.7. The predicted octanol–water partition coefficient (Wildman–Crippen LogP) is 4.91. The standard InChI is InChI=1S/C24H27ClN4O5/c25-18-11-20(13-26-12-18)28-23(32)27-19-4-3-17-14-29(8-7-16(17)10-19)24(33)34-21-5-1-15(2-6-21)9-22(30)31/h3-4,10-13,15,21H,1-2,5-9,14H2,(H,30,31)(H2,27,28,32). The number of carbonyl (C=O) groups excluding carboxylic acids is 2. The van der Waals surface area contributed by atoms with Gasteiger partial charge >= 0.3 is 18.1 Å². The Hall–Kier alpha value is -3.33. The van der Waals surface area contributed by atoms with Crippen LogP contribution in [0.5, 0.6) is 0 Å². The number of carboxylic acid groups (broad SMARTS) is 1. The Bertz CT molecular complexity index is 1070. The molecule has 180 valence electrons. The van der Waals surface area contributed by atoms with Crippen LogP contribution in [-0.2, 0) is 22.5 Å². The Morgan fingerprint density at radius 2 is 1.82 bits per heavy atom. The quantitative estimate of drug-likeness (QED) is 0.552. The van der Waals surface area contributed by atoms with Gasteiger partial charge in [0.2, 0.25) is 0 Å². The van der Waals surface area contributed by atoms with Gasteiger partial charge in [-0.2, -0.15) is 0 Å². The van der Waals surface area contributed by atoms with Gasteiger partial charge < -0.3 is 25.4 Å². The summed E-state index contributed by atoms with van der Waals surface area (Å²) in [4.78, 5) is 41.4. The smallest absolute Gasteiger partial charge is 0.410 e. The number of rotatable bonds is 5. The second-order valence-corrected chi connectivity index (χ2v) is 9.19. The van der Waals surface area contributed by atoms with Gasteiger partial charge in [-0.3, -0.25) is 9.78 Å². The molecule has 9 nitrogen and oxygen atoms in total. The normalized spacial score (nSPS) is 19.6. The predicted molar refractivity (Wildman–Crippen MR) is 127 cm³/mol. The van der Waals surface area contributed by atoms with Crippen LogP contribution >= 0.6 is 11.6 Å². The molecule has 0 bridgehead atoms. The Morgan fingerprint density at radius 1 is 1.06 bits per heavy atom. The fourth-order valence-electron chi connectivity index (χ4n) is 4.48. The molecule has 3 amide bonds. The van der Waals surface area contributed by atoms with E-state index in [0.717, 1.165) is 24.0 Å². The zero-order valence-corrected chi connectivity index (χ0v) is 19.4. The van der Waals surface area contributed by atoms with Gasteiger partial charge in [0.05, 0.1) is 16.9 Å². The van der Waals surface area contributed by atoms with Gasteiger partial charge in [0.25, 0.3) is 0 Å². The van der Waals surface area contributed by atoms with Crippen molar-refractivity contribution in [2.24, 2.45) is 5.92 Å². The number of pyridine rings is 1. The first-order chi connectivity index (χ1) is 16.4. The van der Waals surface area contributed by atoms with Gasteiger partial charge in [-0.15, -0.1) is 0 Å². The molecular weight excluding hydrogens is 460 g/mol. The summed E-state index contributed by atoms with van der Waals surface area (Å²) >= 11 is 5.89. The lowest BCUT2D eigenvalue weighted by Gasteiger charge is -2.32. The van der Waals surface area contributed by atoms with Crippen molar-refractivity contribution in [3.8, 4) is 0 Å². The summed E-state index contributed by atoms with van der Waals surface area (Å²) in [6.45, 7) is 0.979. The molecule has 4 rings (SSSR count). The van der Waals surface area contributed by atoms with Crippen LogP contribution in [0.1, 0.15) is 43.2 Å². The monoisotopic (exact) mass is 486 g/mol. The number of halogens is 1. The maximum Gasteiger partial charge on any atom is 0.410 e. The lowest BCUT2D eigenvalue weighted by Crippen LogP contribution is -2.39. The van der Waals surface area contributed by atoms with Gasteiger partial charge in [-0.25, -0.2) is 9.59 Å². The van der Waals surface area contributed by atoms with Crippen LogP contribution in [0.15, 0.2) is 36.7 Å². The van der Waals surface area contributed by atoms with E-state index in [1.54, 1.807) is 17.0 Å². The number of ether oxygens (including phenoxy) is 1. The molecule has 1 aromatic heterocycles. The maximum absolute atomic E-state index is 12.7. The molecule has 2 aromatic rings. The van der Waals surface area contributed by atoms with Crippen molar-refractivity contribution in [2.45, 2.75) is 51.2 Å². The molecule has 0 atom stereocenters.